The van der Waals surface area contributed by atoms with Crippen molar-refractivity contribution in [3.63, 3.8) is 0 Å². The molecule has 0 aliphatic carbocycles. The van der Waals surface area contributed by atoms with Crippen LogP contribution in [0.3, 0.4) is 0 Å². The van der Waals surface area contributed by atoms with E-state index in [-0.39, 0.29) is 5.82 Å². The molecule has 0 saturated carbocycles. The molecule has 0 saturated heterocycles. The average Bonchev–Trinajstić information content (AvgIpc) is 2.20. The van der Waals surface area contributed by atoms with Gasteiger partial charge in [0.15, 0.2) is 11.6 Å². The molecule has 0 bridgehead atoms. The van der Waals surface area contributed by atoms with Crippen LogP contribution in [-0.4, -0.2) is 6.61 Å². The van der Waals surface area contributed by atoms with Gasteiger partial charge in [-0.15, -0.1) is 0 Å². The molecule has 0 unspecified atom stereocenters. The van der Waals surface area contributed by atoms with Crippen LogP contribution in [0.4, 0.5) is 4.39 Å². The predicted octanol–water partition coefficient (Wildman–Crippen LogP) is 3.49. The lowest BCUT2D eigenvalue weighted by molar-refractivity contribution is 0.273. The Kier molecular flexibility index (Phi) is 3.93. The van der Waals surface area contributed by atoms with Gasteiger partial charge < -0.3 is 4.74 Å². The molecule has 0 spiro atoms. The smallest absolute Gasteiger partial charge is 0.165 e. The van der Waals surface area contributed by atoms with E-state index in [0.29, 0.717) is 12.4 Å². The first-order valence-corrected chi connectivity index (χ1v) is 5.19. The molecule has 0 atom stereocenters. The van der Waals surface area contributed by atoms with Crippen LogP contribution in [0.2, 0.25) is 0 Å². The molecule has 2 heteroatoms. The van der Waals surface area contributed by atoms with Crippen molar-refractivity contribution in [3.05, 3.63) is 29.1 Å². The molecule has 0 aromatic heterocycles. The van der Waals surface area contributed by atoms with E-state index in [1.165, 1.54) is 6.07 Å². The Hall–Kier alpha value is -1.05. The van der Waals surface area contributed by atoms with Crippen LogP contribution < -0.4 is 4.74 Å². The molecular weight excluding hydrogens is 179 g/mol. The Morgan fingerprint density at radius 2 is 2.00 bits per heavy atom. The van der Waals surface area contributed by atoms with Crippen LogP contribution >= 0.6 is 0 Å². The lowest BCUT2D eigenvalue weighted by Crippen LogP contribution is -2.10. The minimum absolute atomic E-state index is 0.218. The summed E-state index contributed by atoms with van der Waals surface area (Å²) >= 11 is 0. The predicted molar refractivity (Wildman–Crippen MR) is 56.3 cm³/mol. The van der Waals surface area contributed by atoms with Crippen LogP contribution in [0.1, 0.15) is 31.4 Å². The van der Waals surface area contributed by atoms with Crippen molar-refractivity contribution >= 4 is 0 Å². The summed E-state index contributed by atoms with van der Waals surface area (Å²) < 4.78 is 18.4. The molecule has 1 aromatic rings. The van der Waals surface area contributed by atoms with Crippen LogP contribution in [0.15, 0.2) is 12.1 Å². The molecule has 0 N–H and O–H groups in total. The highest BCUT2D eigenvalue weighted by Crippen LogP contribution is 2.28. The van der Waals surface area contributed by atoms with Crippen molar-refractivity contribution in [3.8, 4) is 5.75 Å². The molecule has 1 nitrogen and oxygen atoms in total. The second kappa shape index (κ2) is 4.99. The summed E-state index contributed by atoms with van der Waals surface area (Å²) in [6.45, 7) is 6.55. The summed E-state index contributed by atoms with van der Waals surface area (Å²) in [4.78, 5) is 0. The van der Waals surface area contributed by atoms with Crippen LogP contribution in [0.5, 0.6) is 5.75 Å². The van der Waals surface area contributed by atoms with Gasteiger partial charge in [0.05, 0.1) is 6.61 Å². The zero-order valence-electron chi connectivity index (χ0n) is 9.06. The van der Waals surface area contributed by atoms with Crippen molar-refractivity contribution in [1.29, 1.82) is 0 Å². The number of benzene rings is 1. The van der Waals surface area contributed by atoms with Gasteiger partial charge in [-0.2, -0.15) is 0 Å². The van der Waals surface area contributed by atoms with E-state index in [0.717, 1.165) is 24.0 Å². The summed E-state index contributed by atoms with van der Waals surface area (Å²) in [5.74, 6) is 0.247. The number of halogens is 1. The molecule has 14 heavy (non-hydrogen) atoms. The van der Waals surface area contributed by atoms with Gasteiger partial charge in [-0.05, 0) is 37.0 Å². The largest absolute Gasteiger partial charge is 0.490 e. The SMILES string of the molecule is CC.Cc1cc(F)c2c(c1)CCCO2. The first-order chi connectivity index (χ1) is 6.77. The Morgan fingerprint density at radius 3 is 2.71 bits per heavy atom. The van der Waals surface area contributed by atoms with Crippen molar-refractivity contribution in [2.75, 3.05) is 6.61 Å². The number of ether oxygens (including phenoxy) is 1. The van der Waals surface area contributed by atoms with Crippen molar-refractivity contribution in [2.45, 2.75) is 33.6 Å². The molecule has 0 amide bonds. The molecule has 2 rings (SSSR count). The minimum atomic E-state index is -0.218. The Bertz CT molecular complexity index is 307. The fourth-order valence-electron chi connectivity index (χ4n) is 1.59. The van der Waals surface area contributed by atoms with Crippen LogP contribution in [0.25, 0.3) is 0 Å². The molecule has 0 fully saturated rings. The zero-order valence-corrected chi connectivity index (χ0v) is 9.06. The average molecular weight is 196 g/mol. The van der Waals surface area contributed by atoms with Gasteiger partial charge in [-0.3, -0.25) is 0 Å². The van der Waals surface area contributed by atoms with Gasteiger partial charge >= 0.3 is 0 Å². The summed E-state index contributed by atoms with van der Waals surface area (Å²) in [7, 11) is 0. The number of hydrogen-bond acceptors (Lipinski definition) is 1. The maximum atomic E-state index is 13.2. The van der Waals surface area contributed by atoms with E-state index in [1.54, 1.807) is 0 Å². The van der Waals surface area contributed by atoms with Gasteiger partial charge in [0, 0.05) is 0 Å². The lowest BCUT2D eigenvalue weighted by Gasteiger charge is -2.17. The zero-order chi connectivity index (χ0) is 10.6. The van der Waals surface area contributed by atoms with E-state index in [4.69, 9.17) is 4.74 Å². The van der Waals surface area contributed by atoms with E-state index < -0.39 is 0 Å². The maximum Gasteiger partial charge on any atom is 0.165 e. The third kappa shape index (κ3) is 2.25. The van der Waals surface area contributed by atoms with E-state index in [2.05, 4.69) is 0 Å². The second-order valence-electron chi connectivity index (χ2n) is 3.19. The highest BCUT2D eigenvalue weighted by atomic mass is 19.1. The Labute approximate surface area is 84.9 Å². The summed E-state index contributed by atoms with van der Waals surface area (Å²) in [5, 5.41) is 0. The summed E-state index contributed by atoms with van der Waals surface area (Å²) in [6.07, 6.45) is 1.93. The van der Waals surface area contributed by atoms with Gasteiger partial charge in [-0.25, -0.2) is 4.39 Å². The molecule has 1 aromatic carbocycles. The molecule has 1 heterocycles. The summed E-state index contributed by atoms with van der Waals surface area (Å²) in [6, 6.07) is 3.52. The lowest BCUT2D eigenvalue weighted by atomic mass is 10.0. The van der Waals surface area contributed by atoms with E-state index in [9.17, 15) is 4.39 Å². The van der Waals surface area contributed by atoms with Crippen LogP contribution in [0, 0.1) is 12.7 Å². The normalized spacial score (nSPS) is 13.4. The topological polar surface area (TPSA) is 9.23 Å². The fraction of sp³-hybridized carbons (Fsp3) is 0.500. The second-order valence-corrected chi connectivity index (χ2v) is 3.19. The molecule has 1 aliphatic rings. The van der Waals surface area contributed by atoms with Gasteiger partial charge in [0.1, 0.15) is 0 Å². The highest BCUT2D eigenvalue weighted by Gasteiger charge is 2.14. The maximum absolute atomic E-state index is 13.2. The van der Waals surface area contributed by atoms with E-state index in [1.807, 2.05) is 26.8 Å². The molecule has 1 aliphatic heterocycles. The quantitative estimate of drug-likeness (QED) is 0.617. The first-order valence-electron chi connectivity index (χ1n) is 5.19. The fourth-order valence-corrected chi connectivity index (χ4v) is 1.59. The summed E-state index contributed by atoms with van der Waals surface area (Å²) in [5.41, 5.74) is 1.98. The van der Waals surface area contributed by atoms with Gasteiger partial charge in [-0.1, -0.05) is 19.9 Å². The van der Waals surface area contributed by atoms with Gasteiger partial charge in [0.25, 0.3) is 0 Å². The Morgan fingerprint density at radius 1 is 1.29 bits per heavy atom. The molecule has 0 radical (unpaired) electrons. The first kappa shape index (κ1) is 11.0. The van der Waals surface area contributed by atoms with Crippen molar-refractivity contribution < 1.29 is 9.13 Å². The van der Waals surface area contributed by atoms with Crippen molar-refractivity contribution in [2.24, 2.45) is 0 Å². The highest BCUT2D eigenvalue weighted by molar-refractivity contribution is 5.39. The molecular formula is C12H17FO. The van der Waals surface area contributed by atoms with Crippen molar-refractivity contribution in [1.82, 2.24) is 0 Å². The van der Waals surface area contributed by atoms with Crippen LogP contribution in [-0.2, 0) is 6.42 Å². The van der Waals surface area contributed by atoms with Gasteiger partial charge in [0.2, 0.25) is 0 Å². The number of aryl methyl sites for hydroxylation is 2. The number of hydrogen-bond donors (Lipinski definition) is 0. The molecule has 78 valence electrons. The van der Waals surface area contributed by atoms with E-state index >= 15 is 0 Å². The third-order valence-electron chi connectivity index (χ3n) is 2.10. The monoisotopic (exact) mass is 196 g/mol. The number of rotatable bonds is 0. The standard InChI is InChI=1S/C10H11FO.C2H6/c1-7-5-8-3-2-4-12-10(8)9(11)6-7;1-2/h5-6H,2-4H2,1H3;1-2H3. The minimum Gasteiger partial charge on any atom is -0.490 e. The Balaban J connectivity index is 0.000000461. The third-order valence-corrected chi connectivity index (χ3v) is 2.10. The number of fused-ring (bicyclic) bond motifs is 1.